The second kappa shape index (κ2) is 6.15. The maximum absolute atomic E-state index is 13.2. The van der Waals surface area contributed by atoms with Crippen LogP contribution in [0.3, 0.4) is 0 Å². The predicted molar refractivity (Wildman–Crippen MR) is 82.0 cm³/mol. The van der Waals surface area contributed by atoms with Crippen molar-refractivity contribution < 1.29 is 17.6 Å². The van der Waals surface area contributed by atoms with Gasteiger partial charge in [0.15, 0.2) is 11.5 Å². The van der Waals surface area contributed by atoms with Gasteiger partial charge in [0.25, 0.3) is 0 Å². The Morgan fingerprint density at radius 1 is 1.30 bits per heavy atom. The number of rotatable bonds is 3. The molecule has 0 bridgehead atoms. The van der Waals surface area contributed by atoms with Crippen LogP contribution in [0.5, 0.6) is 0 Å². The topological polar surface area (TPSA) is 38.1 Å². The number of nitrogens with zero attached hydrogens (tertiary/aromatic N) is 1. The van der Waals surface area contributed by atoms with Crippen LogP contribution in [0.2, 0.25) is 0 Å². The number of hydrogen-bond acceptors (Lipinski definition) is 3. The van der Waals surface area contributed by atoms with E-state index in [1.807, 2.05) is 0 Å². The van der Waals surface area contributed by atoms with Crippen molar-refractivity contribution in [1.82, 2.24) is 10.3 Å². The molecule has 1 heterocycles. The van der Waals surface area contributed by atoms with E-state index in [0.29, 0.717) is 24.1 Å². The summed E-state index contributed by atoms with van der Waals surface area (Å²) >= 11 is 0. The Balaban J connectivity index is 1.83. The maximum atomic E-state index is 13.2. The molecule has 126 valence electrons. The predicted octanol–water partition coefficient (Wildman–Crippen LogP) is 4.82. The quantitative estimate of drug-likeness (QED) is 0.878. The van der Waals surface area contributed by atoms with E-state index in [9.17, 15) is 13.2 Å². The highest BCUT2D eigenvalue weighted by Crippen LogP contribution is 2.36. The number of fused-ring (bicyclic) bond motifs is 1. The zero-order chi connectivity index (χ0) is 16.6. The van der Waals surface area contributed by atoms with E-state index in [2.05, 4.69) is 17.2 Å². The molecule has 0 aliphatic heterocycles. The maximum Gasteiger partial charge on any atom is 0.420 e. The second-order valence-corrected chi connectivity index (χ2v) is 6.57. The van der Waals surface area contributed by atoms with Gasteiger partial charge in [-0.15, -0.1) is 0 Å². The third-order valence-electron chi connectivity index (χ3n) is 4.49. The molecule has 0 spiro atoms. The van der Waals surface area contributed by atoms with E-state index < -0.39 is 11.7 Å². The Morgan fingerprint density at radius 2 is 2.09 bits per heavy atom. The minimum Gasteiger partial charge on any atom is -0.440 e. The molecule has 1 aromatic carbocycles. The number of nitrogens with one attached hydrogen (secondary N) is 1. The lowest BCUT2D eigenvalue weighted by Crippen LogP contribution is -2.33. The van der Waals surface area contributed by atoms with E-state index in [0.717, 1.165) is 12.8 Å². The van der Waals surface area contributed by atoms with Gasteiger partial charge in [-0.25, -0.2) is 4.98 Å². The Hall–Kier alpha value is -1.56. The van der Waals surface area contributed by atoms with Crippen LogP contribution in [0.15, 0.2) is 16.5 Å². The highest BCUT2D eigenvalue weighted by molar-refractivity contribution is 5.78. The van der Waals surface area contributed by atoms with Crippen LogP contribution in [0.1, 0.15) is 49.6 Å². The average Bonchev–Trinajstić information content (AvgIpc) is 2.83. The summed E-state index contributed by atoms with van der Waals surface area (Å²) in [5.74, 6) is 0.921. The lowest BCUT2D eigenvalue weighted by Gasteiger charge is -2.27. The minimum atomic E-state index is -4.44. The van der Waals surface area contributed by atoms with Crippen molar-refractivity contribution in [2.75, 3.05) is 0 Å². The molecule has 1 aromatic heterocycles. The lowest BCUT2D eigenvalue weighted by molar-refractivity contribution is -0.136. The molecule has 2 aromatic rings. The highest BCUT2D eigenvalue weighted by Gasteiger charge is 2.35. The second-order valence-electron chi connectivity index (χ2n) is 6.57. The van der Waals surface area contributed by atoms with Gasteiger partial charge in [0, 0.05) is 19.5 Å². The first-order chi connectivity index (χ1) is 10.8. The molecule has 6 heteroatoms. The molecular weight excluding hydrogens is 305 g/mol. The van der Waals surface area contributed by atoms with Crippen molar-refractivity contribution in [2.45, 2.75) is 58.3 Å². The molecule has 0 unspecified atom stereocenters. The fraction of sp³-hybridized carbons (Fsp3) is 0.588. The van der Waals surface area contributed by atoms with E-state index in [1.165, 1.54) is 18.9 Å². The van der Waals surface area contributed by atoms with Crippen molar-refractivity contribution in [2.24, 2.45) is 5.92 Å². The van der Waals surface area contributed by atoms with Gasteiger partial charge in [-0.3, -0.25) is 0 Å². The van der Waals surface area contributed by atoms with Gasteiger partial charge < -0.3 is 9.73 Å². The molecule has 1 fully saturated rings. The lowest BCUT2D eigenvalue weighted by atomic mass is 9.87. The molecular formula is C17H21F3N2O. The van der Waals surface area contributed by atoms with Crippen LogP contribution in [0, 0.1) is 12.8 Å². The number of alkyl halides is 3. The summed E-state index contributed by atoms with van der Waals surface area (Å²) in [5, 5.41) is 3.39. The first-order valence-electron chi connectivity index (χ1n) is 8.03. The van der Waals surface area contributed by atoms with Gasteiger partial charge in [0.05, 0.1) is 0 Å². The third-order valence-corrected chi connectivity index (χ3v) is 4.49. The first-order valence-corrected chi connectivity index (χ1v) is 8.03. The minimum absolute atomic E-state index is 0.176. The number of benzene rings is 1. The SMILES string of the molecule is Cc1nc2cc(CN[C@H]3CCC[C@@H](C)C3)cc(C(F)(F)F)c2o1. The zero-order valence-corrected chi connectivity index (χ0v) is 13.3. The van der Waals surface area contributed by atoms with Gasteiger partial charge in [-0.05, 0) is 36.5 Å². The van der Waals surface area contributed by atoms with Crippen molar-refractivity contribution in [3.8, 4) is 0 Å². The van der Waals surface area contributed by atoms with Gasteiger partial charge in [0.1, 0.15) is 11.1 Å². The van der Waals surface area contributed by atoms with Gasteiger partial charge in [-0.1, -0.05) is 19.8 Å². The highest BCUT2D eigenvalue weighted by atomic mass is 19.4. The van der Waals surface area contributed by atoms with Crippen molar-refractivity contribution in [3.63, 3.8) is 0 Å². The number of hydrogen-bond donors (Lipinski definition) is 1. The molecule has 3 rings (SSSR count). The smallest absolute Gasteiger partial charge is 0.420 e. The third kappa shape index (κ3) is 3.68. The summed E-state index contributed by atoms with van der Waals surface area (Å²) in [6.45, 7) is 4.20. The Kier molecular flexibility index (Phi) is 4.36. The van der Waals surface area contributed by atoms with Crippen molar-refractivity contribution in [3.05, 3.63) is 29.2 Å². The monoisotopic (exact) mass is 326 g/mol. The summed E-state index contributed by atoms with van der Waals surface area (Å²) in [6.07, 6.45) is 0.132. The Morgan fingerprint density at radius 3 is 2.78 bits per heavy atom. The van der Waals surface area contributed by atoms with Gasteiger partial charge in [0.2, 0.25) is 0 Å². The van der Waals surface area contributed by atoms with E-state index in [4.69, 9.17) is 4.42 Å². The summed E-state index contributed by atoms with van der Waals surface area (Å²) in [4.78, 5) is 4.06. The molecule has 0 saturated heterocycles. The van der Waals surface area contributed by atoms with Crippen molar-refractivity contribution >= 4 is 11.1 Å². The average molecular weight is 326 g/mol. The molecule has 23 heavy (non-hydrogen) atoms. The number of oxazole rings is 1. The first kappa shape index (κ1) is 16.3. The van der Waals surface area contributed by atoms with Crippen LogP contribution in [-0.2, 0) is 12.7 Å². The standard InChI is InChI=1S/C17H21F3N2O/c1-10-4-3-5-13(6-10)21-9-12-7-14(17(18,19)20)16-15(8-12)22-11(2)23-16/h7-8,10,13,21H,3-6,9H2,1-2H3/t10-,13+/m1/s1. The van der Waals surface area contributed by atoms with Gasteiger partial charge in [-0.2, -0.15) is 13.2 Å². The fourth-order valence-electron chi connectivity index (χ4n) is 3.40. The number of halogens is 3. The summed E-state index contributed by atoms with van der Waals surface area (Å²) in [7, 11) is 0. The molecule has 2 atom stereocenters. The van der Waals surface area contributed by atoms with E-state index in [-0.39, 0.29) is 17.0 Å². The largest absolute Gasteiger partial charge is 0.440 e. The molecule has 1 aliphatic carbocycles. The van der Waals surface area contributed by atoms with Crippen LogP contribution >= 0.6 is 0 Å². The summed E-state index contributed by atoms with van der Waals surface area (Å²) in [5.41, 5.74) is -0.0584. The van der Waals surface area contributed by atoms with Gasteiger partial charge >= 0.3 is 6.18 Å². The summed E-state index contributed by atoms with van der Waals surface area (Å²) < 4.78 is 44.9. The molecule has 3 nitrogen and oxygen atoms in total. The molecule has 1 N–H and O–H groups in total. The molecule has 0 radical (unpaired) electrons. The van der Waals surface area contributed by atoms with Crippen molar-refractivity contribution in [1.29, 1.82) is 0 Å². The molecule has 1 saturated carbocycles. The fourth-order valence-corrected chi connectivity index (χ4v) is 3.40. The normalized spacial score (nSPS) is 22.7. The molecule has 0 amide bonds. The Bertz CT molecular complexity index is 693. The van der Waals surface area contributed by atoms with Crippen LogP contribution < -0.4 is 5.32 Å². The van der Waals surface area contributed by atoms with E-state index >= 15 is 0 Å². The van der Waals surface area contributed by atoms with Crippen LogP contribution in [-0.4, -0.2) is 11.0 Å². The van der Waals surface area contributed by atoms with E-state index in [1.54, 1.807) is 13.0 Å². The van der Waals surface area contributed by atoms with Crippen LogP contribution in [0.25, 0.3) is 11.1 Å². The number of aryl methyl sites for hydroxylation is 1. The number of aromatic nitrogens is 1. The summed E-state index contributed by atoms with van der Waals surface area (Å²) in [6, 6.07) is 3.23. The van der Waals surface area contributed by atoms with Crippen LogP contribution in [0.4, 0.5) is 13.2 Å². The Labute approximate surface area is 133 Å². The molecule has 1 aliphatic rings. The zero-order valence-electron chi connectivity index (χ0n) is 13.3.